The van der Waals surface area contributed by atoms with Crippen LogP contribution in [0.15, 0.2) is 10.4 Å². The van der Waals surface area contributed by atoms with E-state index in [1.165, 1.54) is 0 Å². The highest BCUT2D eigenvalue weighted by molar-refractivity contribution is 9.13. The van der Waals surface area contributed by atoms with Crippen molar-refractivity contribution in [3.8, 4) is 0 Å². The van der Waals surface area contributed by atoms with E-state index in [9.17, 15) is 4.21 Å². The maximum absolute atomic E-state index is 10.5. The normalized spacial score (nSPS) is 13.4. The quantitative estimate of drug-likeness (QED) is 0.635. The smallest absolute Gasteiger partial charge is 0.0744 e. The molecule has 0 aliphatic heterocycles. The van der Waals surface area contributed by atoms with Crippen molar-refractivity contribution in [2.24, 2.45) is 0 Å². The molecule has 1 atom stereocenters. The van der Waals surface area contributed by atoms with Crippen molar-refractivity contribution in [1.82, 2.24) is 0 Å². The summed E-state index contributed by atoms with van der Waals surface area (Å²) in [5.41, 5.74) is 0. The molecular weight excluding hydrogens is 176 g/mol. The second-order valence-corrected chi connectivity index (χ2v) is 4.23. The molecule has 7 heavy (non-hydrogen) atoms. The molecule has 0 saturated heterocycles. The number of rotatable bonds is 2. The Balaban J connectivity index is 3.58. The van der Waals surface area contributed by atoms with Gasteiger partial charge in [0.05, 0.1) is 14.6 Å². The molecule has 3 heteroatoms. The van der Waals surface area contributed by atoms with Gasteiger partial charge < -0.3 is 0 Å². The predicted molar refractivity (Wildman–Crippen MR) is 36.8 cm³/mol. The lowest BCUT2D eigenvalue weighted by Crippen LogP contribution is -1.88. The average molecular weight is 183 g/mol. The van der Waals surface area contributed by atoms with Crippen LogP contribution in [0.25, 0.3) is 0 Å². The highest BCUT2D eigenvalue weighted by atomic mass is 79.9. The SMILES string of the molecule is C=C(Br)S(=O)CC. The summed E-state index contributed by atoms with van der Waals surface area (Å²) < 4.78 is 11.1. The summed E-state index contributed by atoms with van der Waals surface area (Å²) in [7, 11) is -0.856. The van der Waals surface area contributed by atoms with Crippen LogP contribution in [-0.4, -0.2) is 9.96 Å². The van der Waals surface area contributed by atoms with Crippen LogP contribution in [0.1, 0.15) is 6.92 Å². The first-order chi connectivity index (χ1) is 3.18. The summed E-state index contributed by atoms with van der Waals surface area (Å²) in [4.78, 5) is 0. The zero-order chi connectivity index (χ0) is 5.86. The Bertz CT molecular complexity index is 99.9. The van der Waals surface area contributed by atoms with Crippen molar-refractivity contribution in [2.75, 3.05) is 5.75 Å². The van der Waals surface area contributed by atoms with Gasteiger partial charge in [-0.3, -0.25) is 4.21 Å². The van der Waals surface area contributed by atoms with E-state index in [1.54, 1.807) is 0 Å². The van der Waals surface area contributed by atoms with Gasteiger partial charge in [-0.05, 0) is 15.9 Å². The number of hydrogen-bond donors (Lipinski definition) is 0. The van der Waals surface area contributed by atoms with Crippen LogP contribution in [0.5, 0.6) is 0 Å². The van der Waals surface area contributed by atoms with Gasteiger partial charge in [0.1, 0.15) is 0 Å². The zero-order valence-electron chi connectivity index (χ0n) is 4.11. The summed E-state index contributed by atoms with van der Waals surface area (Å²) in [5, 5.41) is 0. The largest absolute Gasteiger partial charge is 0.254 e. The Morgan fingerprint density at radius 2 is 2.43 bits per heavy atom. The van der Waals surface area contributed by atoms with E-state index in [0.717, 1.165) is 0 Å². The van der Waals surface area contributed by atoms with E-state index in [0.29, 0.717) is 9.57 Å². The summed E-state index contributed by atoms with van der Waals surface area (Å²) in [5.74, 6) is 0.643. The van der Waals surface area contributed by atoms with Crippen molar-refractivity contribution >= 4 is 26.7 Å². The van der Waals surface area contributed by atoms with Crippen molar-refractivity contribution in [3.63, 3.8) is 0 Å². The molecule has 0 aromatic heterocycles. The molecule has 0 spiro atoms. The average Bonchev–Trinajstić information content (AvgIpc) is 1.65. The van der Waals surface area contributed by atoms with E-state index >= 15 is 0 Å². The molecule has 0 rings (SSSR count). The summed E-state index contributed by atoms with van der Waals surface area (Å²) in [6, 6.07) is 0. The molecule has 0 aromatic carbocycles. The first kappa shape index (κ1) is 7.37. The van der Waals surface area contributed by atoms with Gasteiger partial charge in [0.15, 0.2) is 0 Å². The predicted octanol–water partition coefficient (Wildman–Crippen LogP) is 1.62. The van der Waals surface area contributed by atoms with E-state index in [1.807, 2.05) is 6.92 Å². The van der Waals surface area contributed by atoms with Crippen LogP contribution in [0.3, 0.4) is 0 Å². The Kier molecular flexibility index (Phi) is 3.56. The minimum Gasteiger partial charge on any atom is -0.254 e. The van der Waals surface area contributed by atoms with E-state index < -0.39 is 10.8 Å². The Morgan fingerprint density at radius 1 is 2.00 bits per heavy atom. The standard InChI is InChI=1S/C4H7BrOS/c1-3-7(6)4(2)5/h2-3H2,1H3. The molecule has 0 aliphatic rings. The van der Waals surface area contributed by atoms with Gasteiger partial charge in [-0.25, -0.2) is 0 Å². The minimum absolute atomic E-state index is 0.579. The summed E-state index contributed by atoms with van der Waals surface area (Å²) >= 11 is 3.01. The molecule has 1 unspecified atom stereocenters. The summed E-state index contributed by atoms with van der Waals surface area (Å²) in [6.07, 6.45) is 0. The third kappa shape index (κ3) is 3.00. The van der Waals surface area contributed by atoms with Crippen LogP contribution in [0.2, 0.25) is 0 Å². The second-order valence-electron chi connectivity index (χ2n) is 0.989. The highest BCUT2D eigenvalue weighted by Gasteiger charge is 1.93. The van der Waals surface area contributed by atoms with Crippen LogP contribution < -0.4 is 0 Å². The Morgan fingerprint density at radius 3 is 2.43 bits per heavy atom. The van der Waals surface area contributed by atoms with E-state index in [2.05, 4.69) is 22.5 Å². The van der Waals surface area contributed by atoms with Crippen LogP contribution in [-0.2, 0) is 10.8 Å². The minimum atomic E-state index is -0.856. The van der Waals surface area contributed by atoms with Crippen molar-refractivity contribution in [1.29, 1.82) is 0 Å². The van der Waals surface area contributed by atoms with Gasteiger partial charge in [-0.15, -0.1) is 0 Å². The monoisotopic (exact) mass is 182 g/mol. The molecule has 1 nitrogen and oxygen atoms in total. The van der Waals surface area contributed by atoms with Crippen molar-refractivity contribution < 1.29 is 4.21 Å². The van der Waals surface area contributed by atoms with E-state index in [4.69, 9.17) is 0 Å². The third-order valence-corrected chi connectivity index (χ3v) is 2.61. The lowest BCUT2D eigenvalue weighted by Gasteiger charge is -1.87. The molecule has 42 valence electrons. The first-order valence-corrected chi connectivity index (χ1v) is 4.02. The Hall–Kier alpha value is 0.370. The fourth-order valence-electron chi connectivity index (χ4n) is 0.157. The molecule has 0 fully saturated rings. The van der Waals surface area contributed by atoms with Gasteiger partial charge in [-0.1, -0.05) is 13.5 Å². The van der Waals surface area contributed by atoms with Gasteiger partial charge >= 0.3 is 0 Å². The molecule has 0 aromatic rings. The van der Waals surface area contributed by atoms with Crippen molar-refractivity contribution in [2.45, 2.75) is 6.92 Å². The first-order valence-electron chi connectivity index (χ1n) is 1.91. The third-order valence-electron chi connectivity index (χ3n) is 0.509. The maximum Gasteiger partial charge on any atom is 0.0744 e. The number of hydrogen-bond acceptors (Lipinski definition) is 1. The molecular formula is C4H7BrOS. The van der Waals surface area contributed by atoms with Gasteiger partial charge in [0.2, 0.25) is 0 Å². The fourth-order valence-corrected chi connectivity index (χ4v) is 1.16. The zero-order valence-corrected chi connectivity index (χ0v) is 6.51. The lowest BCUT2D eigenvalue weighted by molar-refractivity contribution is 0.689. The second kappa shape index (κ2) is 3.38. The number of halogens is 1. The van der Waals surface area contributed by atoms with Crippen LogP contribution in [0.4, 0.5) is 0 Å². The lowest BCUT2D eigenvalue weighted by atomic mass is 11.0. The molecule has 0 amide bonds. The maximum atomic E-state index is 10.5. The molecule has 0 heterocycles. The summed E-state index contributed by atoms with van der Waals surface area (Å²) in [6.45, 7) is 5.29. The molecule has 0 N–H and O–H groups in total. The molecule has 0 aliphatic carbocycles. The van der Waals surface area contributed by atoms with Crippen LogP contribution in [0, 0.1) is 0 Å². The fraction of sp³-hybridized carbons (Fsp3) is 0.500. The molecule has 0 radical (unpaired) electrons. The van der Waals surface area contributed by atoms with Gasteiger partial charge in [-0.2, -0.15) is 0 Å². The van der Waals surface area contributed by atoms with Crippen LogP contribution >= 0.6 is 15.9 Å². The molecule has 0 bridgehead atoms. The van der Waals surface area contributed by atoms with Gasteiger partial charge in [0.25, 0.3) is 0 Å². The topological polar surface area (TPSA) is 17.1 Å². The van der Waals surface area contributed by atoms with E-state index in [-0.39, 0.29) is 0 Å². The Labute approximate surface area is 54.4 Å². The molecule has 0 saturated carbocycles. The van der Waals surface area contributed by atoms with Gasteiger partial charge in [0, 0.05) is 5.75 Å². The highest BCUT2D eigenvalue weighted by Crippen LogP contribution is 2.05. The van der Waals surface area contributed by atoms with Crippen molar-refractivity contribution in [3.05, 3.63) is 10.4 Å².